The Bertz CT molecular complexity index is 1070. The molecule has 3 rings (SSSR count). The standard InChI is InChI=1S/C23H20N2O3S/c1-15-8-10-17(11-9-15)22(27)25-21(14-20-7-4-12-29-20)23(28)24-19-6-3-5-18(13-19)16(2)26/h3-14H,1-2H3,(H,24,28)(H,25,27)/b21-14-. The van der Waals surface area contributed by atoms with E-state index in [1.807, 2.05) is 36.6 Å². The van der Waals surface area contributed by atoms with E-state index in [0.29, 0.717) is 16.8 Å². The fourth-order valence-corrected chi connectivity index (χ4v) is 3.25. The predicted octanol–water partition coefficient (Wildman–Crippen LogP) is 4.67. The van der Waals surface area contributed by atoms with Gasteiger partial charge < -0.3 is 10.6 Å². The average Bonchev–Trinajstić information content (AvgIpc) is 3.21. The summed E-state index contributed by atoms with van der Waals surface area (Å²) in [6, 6.07) is 17.5. The van der Waals surface area contributed by atoms with Gasteiger partial charge >= 0.3 is 0 Å². The quantitative estimate of drug-likeness (QED) is 0.463. The van der Waals surface area contributed by atoms with Crippen molar-refractivity contribution in [1.29, 1.82) is 0 Å². The molecule has 0 aliphatic rings. The molecule has 2 N–H and O–H groups in total. The van der Waals surface area contributed by atoms with Crippen molar-refractivity contribution in [1.82, 2.24) is 5.32 Å². The number of rotatable bonds is 6. The van der Waals surface area contributed by atoms with Gasteiger partial charge in [0.1, 0.15) is 5.70 Å². The lowest BCUT2D eigenvalue weighted by molar-refractivity contribution is -0.113. The number of Topliss-reactive ketones (excluding diaryl/α,β-unsaturated/α-hetero) is 1. The normalized spacial score (nSPS) is 11.0. The molecule has 29 heavy (non-hydrogen) atoms. The van der Waals surface area contributed by atoms with Crippen LogP contribution in [0, 0.1) is 6.92 Å². The van der Waals surface area contributed by atoms with Crippen LogP contribution in [0.25, 0.3) is 6.08 Å². The number of anilines is 1. The lowest BCUT2D eigenvalue weighted by Crippen LogP contribution is -2.30. The number of amides is 2. The Morgan fingerprint density at radius 3 is 2.34 bits per heavy atom. The Balaban J connectivity index is 1.84. The monoisotopic (exact) mass is 404 g/mol. The summed E-state index contributed by atoms with van der Waals surface area (Å²) < 4.78 is 0. The molecule has 2 amide bonds. The van der Waals surface area contributed by atoms with Crippen molar-refractivity contribution in [2.75, 3.05) is 5.32 Å². The highest BCUT2D eigenvalue weighted by Crippen LogP contribution is 2.16. The molecule has 0 fully saturated rings. The summed E-state index contributed by atoms with van der Waals surface area (Å²) in [7, 11) is 0. The van der Waals surface area contributed by atoms with Crippen molar-refractivity contribution in [3.8, 4) is 0 Å². The maximum absolute atomic E-state index is 12.9. The van der Waals surface area contributed by atoms with Gasteiger partial charge in [0.2, 0.25) is 0 Å². The molecular weight excluding hydrogens is 384 g/mol. The molecule has 0 saturated heterocycles. The topological polar surface area (TPSA) is 75.3 Å². The molecule has 6 heteroatoms. The summed E-state index contributed by atoms with van der Waals surface area (Å²) in [5.74, 6) is -0.942. The number of aryl methyl sites for hydroxylation is 1. The zero-order valence-corrected chi connectivity index (χ0v) is 16.9. The summed E-state index contributed by atoms with van der Waals surface area (Å²) in [4.78, 5) is 37.9. The number of ketones is 1. The molecule has 2 aromatic carbocycles. The highest BCUT2D eigenvalue weighted by Gasteiger charge is 2.15. The van der Waals surface area contributed by atoms with Gasteiger partial charge in [0.05, 0.1) is 0 Å². The minimum atomic E-state index is -0.473. The summed E-state index contributed by atoms with van der Waals surface area (Å²) in [5.41, 5.74) is 2.59. The predicted molar refractivity (Wildman–Crippen MR) is 116 cm³/mol. The van der Waals surface area contributed by atoms with Crippen molar-refractivity contribution in [3.05, 3.63) is 93.3 Å². The third kappa shape index (κ3) is 5.49. The second-order valence-electron chi connectivity index (χ2n) is 6.48. The van der Waals surface area contributed by atoms with E-state index in [-0.39, 0.29) is 17.4 Å². The van der Waals surface area contributed by atoms with Gasteiger partial charge in [-0.25, -0.2) is 0 Å². The smallest absolute Gasteiger partial charge is 0.272 e. The van der Waals surface area contributed by atoms with Crippen molar-refractivity contribution in [2.24, 2.45) is 0 Å². The Morgan fingerprint density at radius 2 is 1.69 bits per heavy atom. The van der Waals surface area contributed by atoms with Crippen LogP contribution >= 0.6 is 11.3 Å². The molecule has 0 saturated carbocycles. The molecule has 5 nitrogen and oxygen atoms in total. The van der Waals surface area contributed by atoms with Gasteiger partial charge in [-0.15, -0.1) is 11.3 Å². The van der Waals surface area contributed by atoms with Crippen LogP contribution in [0.4, 0.5) is 5.69 Å². The lowest BCUT2D eigenvalue weighted by atomic mass is 10.1. The van der Waals surface area contributed by atoms with Crippen LogP contribution in [-0.2, 0) is 4.79 Å². The van der Waals surface area contributed by atoms with Crippen molar-refractivity contribution < 1.29 is 14.4 Å². The minimum absolute atomic E-state index is 0.0943. The number of hydrogen-bond donors (Lipinski definition) is 2. The van der Waals surface area contributed by atoms with Gasteiger partial charge in [-0.1, -0.05) is 35.9 Å². The zero-order chi connectivity index (χ0) is 20.8. The molecule has 0 atom stereocenters. The first-order chi connectivity index (χ1) is 13.9. The van der Waals surface area contributed by atoms with Gasteiger partial charge in [-0.3, -0.25) is 14.4 Å². The first-order valence-electron chi connectivity index (χ1n) is 8.98. The third-order valence-corrected chi connectivity index (χ3v) is 4.98. The molecular formula is C23H20N2O3S. The maximum Gasteiger partial charge on any atom is 0.272 e. The molecule has 1 aromatic heterocycles. The van der Waals surface area contributed by atoms with E-state index in [4.69, 9.17) is 0 Å². The number of nitrogens with one attached hydrogen (secondary N) is 2. The van der Waals surface area contributed by atoms with E-state index >= 15 is 0 Å². The van der Waals surface area contributed by atoms with Crippen LogP contribution in [0.2, 0.25) is 0 Å². The first-order valence-corrected chi connectivity index (χ1v) is 9.86. The van der Waals surface area contributed by atoms with Crippen LogP contribution < -0.4 is 10.6 Å². The highest BCUT2D eigenvalue weighted by molar-refractivity contribution is 7.10. The number of hydrogen-bond acceptors (Lipinski definition) is 4. The van der Waals surface area contributed by atoms with Crippen molar-refractivity contribution >= 4 is 40.7 Å². The van der Waals surface area contributed by atoms with Crippen molar-refractivity contribution in [3.63, 3.8) is 0 Å². The maximum atomic E-state index is 12.9. The summed E-state index contributed by atoms with van der Waals surface area (Å²) in [6.45, 7) is 3.40. The Labute approximate surface area is 173 Å². The Hall–Kier alpha value is -3.51. The molecule has 0 aliphatic carbocycles. The number of thiophene rings is 1. The second-order valence-corrected chi connectivity index (χ2v) is 7.46. The molecule has 0 unspecified atom stereocenters. The van der Waals surface area contributed by atoms with Gasteiger partial charge in [0.25, 0.3) is 11.8 Å². The zero-order valence-electron chi connectivity index (χ0n) is 16.1. The third-order valence-electron chi connectivity index (χ3n) is 4.16. The van der Waals surface area contributed by atoms with Crippen LogP contribution in [-0.4, -0.2) is 17.6 Å². The van der Waals surface area contributed by atoms with E-state index in [0.717, 1.165) is 10.4 Å². The Morgan fingerprint density at radius 1 is 0.931 bits per heavy atom. The van der Waals surface area contributed by atoms with Crippen LogP contribution in [0.3, 0.4) is 0 Å². The van der Waals surface area contributed by atoms with E-state index in [1.165, 1.54) is 18.3 Å². The molecule has 1 heterocycles. The number of benzene rings is 2. The first kappa shape index (κ1) is 20.2. The lowest BCUT2D eigenvalue weighted by Gasteiger charge is -2.11. The second kappa shape index (κ2) is 9.12. The molecule has 3 aromatic rings. The summed E-state index contributed by atoms with van der Waals surface area (Å²) >= 11 is 1.45. The molecule has 0 aliphatic heterocycles. The Kier molecular flexibility index (Phi) is 6.36. The van der Waals surface area contributed by atoms with E-state index in [9.17, 15) is 14.4 Å². The van der Waals surface area contributed by atoms with Crippen molar-refractivity contribution in [2.45, 2.75) is 13.8 Å². The highest BCUT2D eigenvalue weighted by atomic mass is 32.1. The SMILES string of the molecule is CC(=O)c1cccc(NC(=O)/C(=C/c2cccs2)NC(=O)c2ccc(C)cc2)c1. The molecule has 0 spiro atoms. The van der Waals surface area contributed by atoms with E-state index in [1.54, 1.807) is 42.5 Å². The fourth-order valence-electron chi connectivity index (χ4n) is 2.59. The van der Waals surface area contributed by atoms with Gasteiger partial charge in [-0.05, 0) is 55.6 Å². The van der Waals surface area contributed by atoms with E-state index in [2.05, 4.69) is 10.6 Å². The average molecular weight is 404 g/mol. The van der Waals surface area contributed by atoms with Crippen LogP contribution in [0.5, 0.6) is 0 Å². The minimum Gasteiger partial charge on any atom is -0.321 e. The summed E-state index contributed by atoms with van der Waals surface area (Å²) in [6.07, 6.45) is 1.63. The largest absolute Gasteiger partial charge is 0.321 e. The molecule has 0 radical (unpaired) electrons. The summed E-state index contributed by atoms with van der Waals surface area (Å²) in [5, 5.41) is 7.33. The van der Waals surface area contributed by atoms with E-state index < -0.39 is 5.91 Å². The number of carbonyl (C=O) groups is 3. The molecule has 0 bridgehead atoms. The van der Waals surface area contributed by atoms with Gasteiger partial charge in [0.15, 0.2) is 5.78 Å². The van der Waals surface area contributed by atoms with Gasteiger partial charge in [0, 0.05) is 21.7 Å². The fraction of sp³-hybridized carbons (Fsp3) is 0.0870. The molecule has 146 valence electrons. The number of carbonyl (C=O) groups excluding carboxylic acids is 3. The van der Waals surface area contributed by atoms with Crippen LogP contribution in [0.1, 0.15) is 38.1 Å². The van der Waals surface area contributed by atoms with Gasteiger partial charge in [-0.2, -0.15) is 0 Å². The van der Waals surface area contributed by atoms with Crippen LogP contribution in [0.15, 0.2) is 71.7 Å².